The highest BCUT2D eigenvalue weighted by Crippen LogP contribution is 2.28. The molecule has 14 heavy (non-hydrogen) atoms. The van der Waals surface area contributed by atoms with Crippen LogP contribution in [0.1, 0.15) is 17.9 Å². The average Bonchev–Trinajstić information content (AvgIpc) is 2.47. The van der Waals surface area contributed by atoms with Crippen LogP contribution in [0.5, 0.6) is 0 Å². The van der Waals surface area contributed by atoms with E-state index in [4.69, 9.17) is 0 Å². The van der Waals surface area contributed by atoms with E-state index >= 15 is 0 Å². The lowest BCUT2D eigenvalue weighted by Gasteiger charge is -2.03. The third-order valence-electron chi connectivity index (χ3n) is 2.14. The number of ether oxygens (including phenoxy) is 1. The van der Waals surface area contributed by atoms with Crippen molar-refractivity contribution in [3.8, 4) is 0 Å². The molecule has 1 aliphatic rings. The Hall–Kier alpha value is -1.16. The largest absolute Gasteiger partial charge is 0.393 e. The molecule has 1 fully saturated rings. The Labute approximate surface area is 89.2 Å². The maximum absolute atomic E-state index is 11.2. The fourth-order valence-electron chi connectivity index (χ4n) is 1.42. The Morgan fingerprint density at radius 3 is 2.36 bits per heavy atom. The molecule has 0 amide bonds. The number of hydrogen-bond donors (Lipinski definition) is 0. The Kier molecular flexibility index (Phi) is 2.37. The zero-order valence-corrected chi connectivity index (χ0v) is 8.78. The molecule has 1 saturated heterocycles. The number of rotatable bonds is 1. The van der Waals surface area contributed by atoms with Crippen LogP contribution in [0.25, 0.3) is 0 Å². The van der Waals surface area contributed by atoms with E-state index in [2.05, 4.69) is 20.7 Å². The second-order valence-corrected chi connectivity index (χ2v) is 4.02. The van der Waals surface area contributed by atoms with Crippen molar-refractivity contribution in [1.29, 1.82) is 0 Å². The Morgan fingerprint density at radius 1 is 1.21 bits per heavy atom. The average molecular weight is 255 g/mol. The molecular weight excluding hydrogens is 248 g/mol. The van der Waals surface area contributed by atoms with Gasteiger partial charge in [0.05, 0.1) is 12.3 Å². The van der Waals surface area contributed by atoms with Crippen LogP contribution < -0.4 is 0 Å². The molecule has 3 nitrogen and oxygen atoms in total. The Morgan fingerprint density at radius 2 is 1.86 bits per heavy atom. The van der Waals surface area contributed by atoms with Crippen molar-refractivity contribution in [1.82, 2.24) is 0 Å². The molecule has 1 aromatic carbocycles. The highest BCUT2D eigenvalue weighted by molar-refractivity contribution is 9.10. The van der Waals surface area contributed by atoms with Crippen molar-refractivity contribution in [3.63, 3.8) is 0 Å². The zero-order valence-electron chi connectivity index (χ0n) is 7.20. The van der Waals surface area contributed by atoms with Crippen LogP contribution in [0.2, 0.25) is 0 Å². The van der Waals surface area contributed by atoms with Gasteiger partial charge in [-0.25, -0.2) is 0 Å². The molecule has 0 bridgehead atoms. The van der Waals surface area contributed by atoms with Gasteiger partial charge in [-0.05, 0) is 17.7 Å². The van der Waals surface area contributed by atoms with Gasteiger partial charge < -0.3 is 4.74 Å². The van der Waals surface area contributed by atoms with Crippen molar-refractivity contribution in [2.75, 3.05) is 0 Å². The van der Waals surface area contributed by atoms with E-state index in [1.807, 2.05) is 24.3 Å². The molecule has 4 heteroatoms. The number of halogens is 1. The molecule has 1 unspecified atom stereocenters. The molecule has 1 atom stereocenters. The predicted octanol–water partition coefficient (Wildman–Crippen LogP) is 2.01. The fourth-order valence-corrected chi connectivity index (χ4v) is 1.69. The van der Waals surface area contributed by atoms with E-state index in [0.717, 1.165) is 10.0 Å². The first-order valence-electron chi connectivity index (χ1n) is 4.17. The van der Waals surface area contributed by atoms with E-state index in [1.165, 1.54) is 0 Å². The number of hydrogen-bond acceptors (Lipinski definition) is 3. The molecule has 0 spiro atoms. The van der Waals surface area contributed by atoms with Crippen LogP contribution in [0.3, 0.4) is 0 Å². The Balaban J connectivity index is 2.27. The van der Waals surface area contributed by atoms with E-state index in [9.17, 15) is 9.59 Å². The minimum absolute atomic E-state index is 0.153. The highest BCUT2D eigenvalue weighted by atomic mass is 79.9. The summed E-state index contributed by atoms with van der Waals surface area (Å²) in [5.41, 5.74) is 0.823. The molecule has 72 valence electrons. The molecule has 0 aliphatic carbocycles. The smallest absolute Gasteiger partial charge is 0.321 e. The van der Waals surface area contributed by atoms with Crippen LogP contribution in [-0.2, 0) is 14.3 Å². The van der Waals surface area contributed by atoms with Crippen molar-refractivity contribution in [2.24, 2.45) is 0 Å². The van der Waals surface area contributed by atoms with Crippen LogP contribution >= 0.6 is 15.9 Å². The second kappa shape index (κ2) is 3.53. The fraction of sp³-hybridized carbons (Fsp3) is 0.200. The number of carbonyl (C=O) groups is 2. The quantitative estimate of drug-likeness (QED) is 0.569. The van der Waals surface area contributed by atoms with Gasteiger partial charge >= 0.3 is 11.9 Å². The molecule has 1 heterocycles. The standard InChI is InChI=1S/C10H7BrO3/c11-7-3-1-6(2-4-7)8-5-9(12)14-10(8)13/h1-4,8H,5H2. The molecule has 0 aromatic heterocycles. The third-order valence-corrected chi connectivity index (χ3v) is 2.67. The SMILES string of the molecule is O=C1CC(c2ccc(Br)cc2)C(=O)O1. The lowest BCUT2D eigenvalue weighted by atomic mass is 9.98. The summed E-state index contributed by atoms with van der Waals surface area (Å²) in [7, 11) is 0. The van der Waals surface area contributed by atoms with Crippen molar-refractivity contribution in [2.45, 2.75) is 12.3 Å². The van der Waals surface area contributed by atoms with Gasteiger partial charge in [-0.3, -0.25) is 9.59 Å². The minimum atomic E-state index is -0.447. The predicted molar refractivity (Wildman–Crippen MR) is 52.6 cm³/mol. The topological polar surface area (TPSA) is 43.4 Å². The first kappa shape index (κ1) is 9.40. The van der Waals surface area contributed by atoms with Gasteiger partial charge in [-0.2, -0.15) is 0 Å². The summed E-state index contributed by atoms with van der Waals surface area (Å²) in [5.74, 6) is -1.31. The minimum Gasteiger partial charge on any atom is -0.393 e. The molecule has 0 N–H and O–H groups in total. The van der Waals surface area contributed by atoms with Gasteiger partial charge in [-0.15, -0.1) is 0 Å². The lowest BCUT2D eigenvalue weighted by Crippen LogP contribution is -2.05. The summed E-state index contributed by atoms with van der Waals surface area (Å²) < 4.78 is 5.41. The van der Waals surface area contributed by atoms with Crippen molar-refractivity contribution >= 4 is 27.9 Å². The molecule has 0 saturated carbocycles. The van der Waals surface area contributed by atoms with E-state index in [1.54, 1.807) is 0 Å². The van der Waals surface area contributed by atoms with Gasteiger partial charge in [0.1, 0.15) is 0 Å². The van der Waals surface area contributed by atoms with Crippen LogP contribution in [-0.4, -0.2) is 11.9 Å². The monoisotopic (exact) mass is 254 g/mol. The summed E-state index contributed by atoms with van der Waals surface area (Å²) >= 11 is 3.30. The molecule has 1 aliphatic heterocycles. The zero-order chi connectivity index (χ0) is 10.1. The number of benzene rings is 1. The van der Waals surface area contributed by atoms with Crippen LogP contribution in [0, 0.1) is 0 Å². The van der Waals surface area contributed by atoms with E-state index in [0.29, 0.717) is 0 Å². The van der Waals surface area contributed by atoms with Crippen molar-refractivity contribution in [3.05, 3.63) is 34.3 Å². The van der Waals surface area contributed by atoms with Gasteiger partial charge in [-0.1, -0.05) is 28.1 Å². The molecule has 0 radical (unpaired) electrons. The second-order valence-electron chi connectivity index (χ2n) is 3.10. The van der Waals surface area contributed by atoms with E-state index < -0.39 is 17.9 Å². The van der Waals surface area contributed by atoms with Gasteiger partial charge in [0.2, 0.25) is 0 Å². The first-order valence-corrected chi connectivity index (χ1v) is 4.96. The summed E-state index contributed by atoms with van der Waals surface area (Å²) in [5, 5.41) is 0. The van der Waals surface area contributed by atoms with Crippen molar-refractivity contribution < 1.29 is 14.3 Å². The van der Waals surface area contributed by atoms with Crippen LogP contribution in [0.15, 0.2) is 28.7 Å². The normalized spacial score (nSPS) is 21.1. The van der Waals surface area contributed by atoms with Crippen LogP contribution in [0.4, 0.5) is 0 Å². The maximum atomic E-state index is 11.2. The maximum Gasteiger partial charge on any atom is 0.321 e. The Bertz CT molecular complexity index is 383. The van der Waals surface area contributed by atoms with Gasteiger partial charge in [0, 0.05) is 4.47 Å². The molecule has 2 rings (SSSR count). The first-order chi connectivity index (χ1) is 6.66. The summed E-state index contributed by atoms with van der Waals surface area (Å²) in [6.45, 7) is 0. The molecular formula is C10H7BrO3. The summed E-state index contributed by atoms with van der Waals surface area (Å²) in [6.07, 6.45) is 0.153. The number of esters is 2. The summed E-state index contributed by atoms with van der Waals surface area (Å²) in [6, 6.07) is 7.31. The lowest BCUT2D eigenvalue weighted by molar-refractivity contribution is -0.152. The van der Waals surface area contributed by atoms with Gasteiger partial charge in [0.25, 0.3) is 0 Å². The summed E-state index contributed by atoms with van der Waals surface area (Å²) in [4.78, 5) is 22.1. The van der Waals surface area contributed by atoms with E-state index in [-0.39, 0.29) is 6.42 Å². The highest BCUT2D eigenvalue weighted by Gasteiger charge is 2.34. The third kappa shape index (κ3) is 1.70. The number of carbonyl (C=O) groups excluding carboxylic acids is 2. The molecule has 1 aromatic rings. The van der Waals surface area contributed by atoms with Gasteiger partial charge in [0.15, 0.2) is 0 Å². The number of cyclic esters (lactones) is 2.